The molecule has 3 N–H and O–H groups in total. The molecule has 2 aromatic heterocycles. The van der Waals surface area contributed by atoms with E-state index in [2.05, 4.69) is 74.2 Å². The van der Waals surface area contributed by atoms with E-state index in [1.54, 1.807) is 17.0 Å². The van der Waals surface area contributed by atoms with Gasteiger partial charge >= 0.3 is 5.97 Å². The molecule has 4 aliphatic heterocycles. The summed E-state index contributed by atoms with van der Waals surface area (Å²) in [5, 5.41) is 16.9. The molecule has 6 bridgehead atoms. The second kappa shape index (κ2) is 18.0. The number of aromatic nitrogens is 2. The Bertz CT molecular complexity index is 2610. The van der Waals surface area contributed by atoms with Gasteiger partial charge in [0.25, 0.3) is 5.91 Å². The molecule has 1 unspecified atom stereocenters. The molecule has 4 fully saturated rings. The number of carbonyl (C=O) groups excluding carboxylic acids is 5. The monoisotopic (exact) mass is 914 g/mol. The van der Waals surface area contributed by atoms with Gasteiger partial charge in [-0.2, -0.15) is 0 Å². The highest BCUT2D eigenvalue weighted by Gasteiger charge is 2.55. The van der Waals surface area contributed by atoms with Crippen LogP contribution in [0.5, 0.6) is 5.75 Å². The van der Waals surface area contributed by atoms with Gasteiger partial charge in [0, 0.05) is 73.1 Å². The SMILES string of the molecule is CCn1c(-c2cccnc2C(C)C)c2c3cc(ccc31)-c1cc(O)cc(c1)C[C@H](NC(=O)[C@H](C(C)C)N1CCC3(CCN(C(=O)C4CC4)C3)C1=O)C(=O)N1CCC[C@H](N1)C(=O)OCC(C)(C)C2. The first kappa shape index (κ1) is 46.4. The Morgan fingerprint density at radius 3 is 2.48 bits per heavy atom. The van der Waals surface area contributed by atoms with Gasteiger partial charge in [0.05, 0.1) is 23.4 Å². The lowest BCUT2D eigenvalue weighted by atomic mass is 9.83. The van der Waals surface area contributed by atoms with Crippen LogP contribution in [0.2, 0.25) is 0 Å². The average Bonchev–Trinajstić information content (AvgIpc) is 3.90. The Hall–Kier alpha value is -5.76. The molecule has 4 atom stereocenters. The number of amides is 4. The Labute approximate surface area is 393 Å². The number of aromatic hydroxyl groups is 1. The van der Waals surface area contributed by atoms with Crippen LogP contribution in [0.3, 0.4) is 0 Å². The molecule has 6 heterocycles. The molecule has 1 aliphatic carbocycles. The molecule has 67 heavy (non-hydrogen) atoms. The van der Waals surface area contributed by atoms with Crippen LogP contribution >= 0.6 is 0 Å². The van der Waals surface area contributed by atoms with Crippen molar-refractivity contribution in [2.75, 3.05) is 32.8 Å². The van der Waals surface area contributed by atoms with Gasteiger partial charge in [0.2, 0.25) is 17.7 Å². The Morgan fingerprint density at radius 1 is 0.970 bits per heavy atom. The number of hydrazine groups is 1. The molecule has 4 amide bonds. The van der Waals surface area contributed by atoms with E-state index in [1.807, 2.05) is 37.1 Å². The second-order valence-electron chi connectivity index (χ2n) is 21.3. The van der Waals surface area contributed by atoms with Crippen LogP contribution in [-0.4, -0.2) is 110 Å². The van der Waals surface area contributed by atoms with Crippen LogP contribution in [-0.2, 0) is 48.1 Å². The minimum atomic E-state index is -1.13. The van der Waals surface area contributed by atoms with Crippen LogP contribution in [0.25, 0.3) is 33.3 Å². The third-order valence-electron chi connectivity index (χ3n) is 14.9. The summed E-state index contributed by atoms with van der Waals surface area (Å²) in [6.07, 6.45) is 6.36. The molecule has 5 aliphatic rings. The minimum absolute atomic E-state index is 0.0161. The van der Waals surface area contributed by atoms with Crippen molar-refractivity contribution in [2.45, 2.75) is 130 Å². The van der Waals surface area contributed by atoms with Gasteiger partial charge in [0.1, 0.15) is 23.9 Å². The maximum atomic E-state index is 14.8. The minimum Gasteiger partial charge on any atom is -0.508 e. The zero-order chi connectivity index (χ0) is 47.5. The second-order valence-corrected chi connectivity index (χ2v) is 21.3. The maximum Gasteiger partial charge on any atom is 0.324 e. The van der Waals surface area contributed by atoms with Gasteiger partial charge < -0.3 is 29.5 Å². The number of carbonyl (C=O) groups is 5. The molecule has 14 heteroatoms. The largest absolute Gasteiger partial charge is 0.508 e. The summed E-state index contributed by atoms with van der Waals surface area (Å²) in [6.45, 7) is 16.9. The molecule has 1 saturated carbocycles. The van der Waals surface area contributed by atoms with Gasteiger partial charge in [0.15, 0.2) is 0 Å². The van der Waals surface area contributed by atoms with Crippen molar-refractivity contribution < 1.29 is 33.8 Å². The molecule has 0 radical (unpaired) electrons. The Morgan fingerprint density at radius 2 is 1.75 bits per heavy atom. The van der Waals surface area contributed by atoms with Crippen molar-refractivity contribution in [3.8, 4) is 28.1 Å². The number of likely N-dealkylation sites (tertiary alicyclic amines) is 2. The number of phenolic OH excluding ortho intramolecular Hbond substituents is 1. The van der Waals surface area contributed by atoms with E-state index in [1.165, 1.54) is 5.01 Å². The van der Waals surface area contributed by atoms with Crippen LogP contribution in [0.4, 0.5) is 0 Å². The first-order valence-corrected chi connectivity index (χ1v) is 24.6. The van der Waals surface area contributed by atoms with Gasteiger partial charge in [-0.3, -0.25) is 34.0 Å². The number of phenols is 1. The first-order chi connectivity index (χ1) is 32.0. The molecule has 1 spiro atoms. The first-order valence-electron chi connectivity index (χ1n) is 24.6. The standard InChI is InChI=1S/C53H67N7O7/c1-8-58-43-16-15-35-27-39(43)40(46(58)38-11-9-19-54-44(38)31(2)3)28-52(6,7)30-67-50(65)41-12-10-20-60(56-41)49(64)42(25-33-23-36(35)26-37(61)24-33)55-47(62)45(32(4)5)59-22-18-53(51(59)66)17-21-57(29-53)48(63)34-13-14-34/h9,11,15-16,19,23-24,26-27,31-32,34,41-42,45,56,61H,8,10,12-14,17-18,20-22,25,28-30H2,1-7H3,(H,55,62)/t41-,42-,45-,53?/m0/s1. The quantitative estimate of drug-likeness (QED) is 0.162. The number of cyclic esters (lactones) is 1. The zero-order valence-electron chi connectivity index (χ0n) is 40.2. The molecule has 14 nitrogen and oxygen atoms in total. The average molecular weight is 914 g/mol. The summed E-state index contributed by atoms with van der Waals surface area (Å²) >= 11 is 0. The van der Waals surface area contributed by atoms with Gasteiger partial charge in [-0.1, -0.05) is 53.7 Å². The van der Waals surface area contributed by atoms with Crippen molar-refractivity contribution in [1.82, 2.24) is 35.1 Å². The van der Waals surface area contributed by atoms with E-state index in [9.17, 15) is 29.1 Å². The van der Waals surface area contributed by atoms with E-state index < -0.39 is 46.7 Å². The van der Waals surface area contributed by atoms with E-state index >= 15 is 0 Å². The topological polar surface area (TPSA) is 166 Å². The number of aryl methyl sites for hydroxylation is 1. The number of fused-ring (bicyclic) bond motifs is 6. The molecule has 356 valence electrons. The number of ether oxygens (including phenoxy) is 1. The maximum absolute atomic E-state index is 14.8. The van der Waals surface area contributed by atoms with Crippen molar-refractivity contribution in [1.29, 1.82) is 0 Å². The third-order valence-corrected chi connectivity index (χ3v) is 14.9. The van der Waals surface area contributed by atoms with Crippen LogP contribution < -0.4 is 10.7 Å². The highest BCUT2D eigenvalue weighted by Crippen LogP contribution is 2.45. The summed E-state index contributed by atoms with van der Waals surface area (Å²) in [5.41, 5.74) is 9.48. The molecule has 3 saturated heterocycles. The summed E-state index contributed by atoms with van der Waals surface area (Å²) in [5.74, 6) is -1.38. The summed E-state index contributed by atoms with van der Waals surface area (Å²) < 4.78 is 8.48. The fourth-order valence-corrected chi connectivity index (χ4v) is 11.3. The van der Waals surface area contributed by atoms with Gasteiger partial charge in [-0.25, -0.2) is 5.43 Å². The number of hydrogen-bond donors (Lipinski definition) is 3. The normalized spacial score (nSPS) is 23.9. The number of nitrogens with one attached hydrogen (secondary N) is 2. The zero-order valence-corrected chi connectivity index (χ0v) is 40.2. The van der Waals surface area contributed by atoms with E-state index in [-0.39, 0.29) is 48.3 Å². The fraction of sp³-hybridized carbons (Fsp3) is 0.547. The lowest BCUT2D eigenvalue weighted by molar-refractivity contribution is -0.155. The van der Waals surface area contributed by atoms with Crippen LogP contribution in [0.1, 0.15) is 110 Å². The molecule has 2 aromatic carbocycles. The van der Waals surface area contributed by atoms with Crippen molar-refractivity contribution in [3.63, 3.8) is 0 Å². The van der Waals surface area contributed by atoms with Crippen molar-refractivity contribution in [3.05, 3.63) is 71.5 Å². The smallest absolute Gasteiger partial charge is 0.324 e. The predicted octanol–water partition coefficient (Wildman–Crippen LogP) is 6.75. The molecular formula is C53H67N7O7. The van der Waals surface area contributed by atoms with E-state index in [0.29, 0.717) is 70.4 Å². The molecule has 4 aromatic rings. The van der Waals surface area contributed by atoms with E-state index in [0.717, 1.165) is 57.4 Å². The Balaban J connectivity index is 1.09. The molecule has 9 rings (SSSR count). The number of nitrogens with zero attached hydrogens (tertiary/aromatic N) is 5. The number of esters is 1. The lowest BCUT2D eigenvalue weighted by Crippen LogP contribution is -2.62. The summed E-state index contributed by atoms with van der Waals surface area (Å²) in [6, 6.07) is 13.0. The van der Waals surface area contributed by atoms with Crippen LogP contribution in [0, 0.1) is 22.7 Å². The fourth-order valence-electron chi connectivity index (χ4n) is 11.3. The number of hydrogen-bond acceptors (Lipinski definition) is 9. The summed E-state index contributed by atoms with van der Waals surface area (Å²) in [4.78, 5) is 79.3. The van der Waals surface area contributed by atoms with Gasteiger partial charge in [-0.15, -0.1) is 0 Å². The van der Waals surface area contributed by atoms with Crippen molar-refractivity contribution >= 4 is 40.5 Å². The highest BCUT2D eigenvalue weighted by molar-refractivity contribution is 5.97. The highest BCUT2D eigenvalue weighted by atomic mass is 16.5. The number of rotatable bonds is 8. The van der Waals surface area contributed by atoms with E-state index in [4.69, 9.17) is 9.72 Å². The number of benzene rings is 2. The van der Waals surface area contributed by atoms with Crippen LogP contribution in [0.15, 0.2) is 54.7 Å². The van der Waals surface area contributed by atoms with Crippen molar-refractivity contribution in [2.24, 2.45) is 22.7 Å². The summed E-state index contributed by atoms with van der Waals surface area (Å²) in [7, 11) is 0. The lowest BCUT2D eigenvalue weighted by Gasteiger charge is -2.37. The van der Waals surface area contributed by atoms with Gasteiger partial charge in [-0.05, 0) is 122 Å². The molecular weight excluding hydrogens is 847 g/mol. The Kier molecular flexibility index (Phi) is 12.5. The predicted molar refractivity (Wildman–Crippen MR) is 255 cm³/mol. The third kappa shape index (κ3) is 8.93. The number of pyridine rings is 1.